The fourth-order valence-corrected chi connectivity index (χ4v) is 3.61. The zero-order valence-corrected chi connectivity index (χ0v) is 15.7. The minimum absolute atomic E-state index is 0.0770. The molecule has 0 aliphatic rings. The zero-order chi connectivity index (χ0) is 18.9. The molecule has 0 radical (unpaired) electrons. The van der Waals surface area contributed by atoms with E-state index in [1.165, 1.54) is 0 Å². The molecule has 1 unspecified atom stereocenters. The Morgan fingerprint density at radius 2 is 1.56 bits per heavy atom. The molecule has 4 nitrogen and oxygen atoms in total. The van der Waals surface area contributed by atoms with Gasteiger partial charge in [-0.15, -0.1) is 11.3 Å². The van der Waals surface area contributed by atoms with Crippen LogP contribution < -0.4 is 10.6 Å². The summed E-state index contributed by atoms with van der Waals surface area (Å²) in [6.45, 7) is 0.323. The third-order valence-electron chi connectivity index (χ3n) is 4.15. The number of carbonyl (C=O) groups is 2. The molecule has 0 spiro atoms. The van der Waals surface area contributed by atoms with Crippen molar-refractivity contribution in [2.24, 2.45) is 0 Å². The molecule has 2 aromatic carbocycles. The Hall–Kier alpha value is -2.92. The first kappa shape index (κ1) is 18.9. The maximum atomic E-state index is 12.4. The summed E-state index contributed by atoms with van der Waals surface area (Å²) in [7, 11) is 0. The normalized spacial score (nSPS) is 11.6. The molecule has 138 valence electrons. The van der Waals surface area contributed by atoms with Gasteiger partial charge in [-0.05, 0) is 22.6 Å². The maximum Gasteiger partial charge on any atom is 0.224 e. The van der Waals surface area contributed by atoms with Gasteiger partial charge in [0.2, 0.25) is 11.8 Å². The minimum Gasteiger partial charge on any atom is -0.355 e. The van der Waals surface area contributed by atoms with E-state index in [1.54, 1.807) is 11.3 Å². The first-order chi connectivity index (χ1) is 13.2. The standard InChI is InChI=1S/C22H22N2O2S/c25-20(13-14-23-21(26)16-17-8-3-1-4-9-17)24-22(19-12-7-15-27-19)18-10-5-2-6-11-18/h1-12,15,22H,13-14,16H2,(H,23,26)(H,24,25). The van der Waals surface area contributed by atoms with Gasteiger partial charge in [0.15, 0.2) is 0 Å². The smallest absolute Gasteiger partial charge is 0.224 e. The van der Waals surface area contributed by atoms with Crippen molar-refractivity contribution in [3.63, 3.8) is 0 Å². The van der Waals surface area contributed by atoms with Gasteiger partial charge in [0, 0.05) is 17.8 Å². The second kappa shape index (κ2) is 9.69. The van der Waals surface area contributed by atoms with Crippen LogP contribution >= 0.6 is 11.3 Å². The van der Waals surface area contributed by atoms with E-state index in [9.17, 15) is 9.59 Å². The first-order valence-electron chi connectivity index (χ1n) is 8.91. The summed E-state index contributed by atoms with van der Waals surface area (Å²) in [5.74, 6) is -0.163. The summed E-state index contributed by atoms with van der Waals surface area (Å²) in [6, 6.07) is 23.3. The molecule has 0 saturated heterocycles. The molecule has 2 N–H and O–H groups in total. The monoisotopic (exact) mass is 378 g/mol. The average molecular weight is 378 g/mol. The second-order valence-corrected chi connectivity index (χ2v) is 7.17. The number of nitrogens with one attached hydrogen (secondary N) is 2. The lowest BCUT2D eigenvalue weighted by atomic mass is 10.1. The highest BCUT2D eigenvalue weighted by Crippen LogP contribution is 2.25. The predicted octanol–water partition coefficient (Wildman–Crippen LogP) is 3.70. The van der Waals surface area contributed by atoms with Crippen LogP contribution in [0, 0.1) is 0 Å². The van der Waals surface area contributed by atoms with E-state index in [4.69, 9.17) is 0 Å². The number of benzene rings is 2. The second-order valence-electron chi connectivity index (χ2n) is 6.19. The quantitative estimate of drug-likeness (QED) is 0.628. The molecule has 2 amide bonds. The molecule has 3 rings (SSSR count). The topological polar surface area (TPSA) is 58.2 Å². The molecule has 0 bridgehead atoms. The number of rotatable bonds is 8. The van der Waals surface area contributed by atoms with Crippen molar-refractivity contribution in [2.75, 3.05) is 6.54 Å². The van der Waals surface area contributed by atoms with Crippen LogP contribution in [0.5, 0.6) is 0 Å². The van der Waals surface area contributed by atoms with Gasteiger partial charge in [-0.2, -0.15) is 0 Å². The van der Waals surface area contributed by atoms with Crippen LogP contribution in [0.1, 0.15) is 28.5 Å². The van der Waals surface area contributed by atoms with Crippen molar-refractivity contribution in [1.29, 1.82) is 0 Å². The highest BCUT2D eigenvalue weighted by molar-refractivity contribution is 7.10. The first-order valence-corrected chi connectivity index (χ1v) is 9.78. The summed E-state index contributed by atoms with van der Waals surface area (Å²) < 4.78 is 0. The zero-order valence-electron chi connectivity index (χ0n) is 14.9. The SMILES string of the molecule is O=C(Cc1ccccc1)NCCC(=O)NC(c1ccccc1)c1cccs1. The molecule has 0 aliphatic carbocycles. The molecule has 0 fully saturated rings. The highest BCUT2D eigenvalue weighted by atomic mass is 32.1. The highest BCUT2D eigenvalue weighted by Gasteiger charge is 2.17. The van der Waals surface area contributed by atoms with E-state index in [0.717, 1.165) is 16.0 Å². The Morgan fingerprint density at radius 3 is 2.22 bits per heavy atom. The van der Waals surface area contributed by atoms with E-state index < -0.39 is 0 Å². The average Bonchev–Trinajstić information content (AvgIpc) is 3.22. The lowest BCUT2D eigenvalue weighted by molar-refractivity contribution is -0.122. The van der Waals surface area contributed by atoms with Crippen molar-refractivity contribution in [1.82, 2.24) is 10.6 Å². The summed E-state index contributed by atoms with van der Waals surface area (Å²) in [5, 5.41) is 7.89. The number of carbonyl (C=O) groups excluding carboxylic acids is 2. The van der Waals surface area contributed by atoms with E-state index in [0.29, 0.717) is 13.0 Å². The van der Waals surface area contributed by atoms with Crippen molar-refractivity contribution in [3.05, 3.63) is 94.2 Å². The van der Waals surface area contributed by atoms with Crippen LogP contribution in [0.3, 0.4) is 0 Å². The van der Waals surface area contributed by atoms with Gasteiger partial charge in [0.05, 0.1) is 12.5 Å². The van der Waals surface area contributed by atoms with Crippen LogP contribution in [0.2, 0.25) is 0 Å². The Balaban J connectivity index is 1.50. The fourth-order valence-electron chi connectivity index (χ4n) is 2.81. The van der Waals surface area contributed by atoms with Crippen molar-refractivity contribution < 1.29 is 9.59 Å². The van der Waals surface area contributed by atoms with Gasteiger partial charge in [0.25, 0.3) is 0 Å². The Morgan fingerprint density at radius 1 is 0.852 bits per heavy atom. The van der Waals surface area contributed by atoms with Crippen molar-refractivity contribution in [2.45, 2.75) is 18.9 Å². The van der Waals surface area contributed by atoms with E-state index in [2.05, 4.69) is 10.6 Å². The summed E-state index contributed by atoms with van der Waals surface area (Å²) in [6.07, 6.45) is 0.569. The third-order valence-corrected chi connectivity index (χ3v) is 5.08. The minimum atomic E-state index is -0.168. The number of amides is 2. The van der Waals surface area contributed by atoms with Gasteiger partial charge in [-0.1, -0.05) is 66.7 Å². The molecular formula is C22H22N2O2S. The number of thiophene rings is 1. The molecule has 1 aromatic heterocycles. The Bertz CT molecular complexity index is 849. The number of hydrogen-bond acceptors (Lipinski definition) is 3. The van der Waals surface area contributed by atoms with Crippen LogP contribution in [0.4, 0.5) is 0 Å². The van der Waals surface area contributed by atoms with Gasteiger partial charge in [-0.25, -0.2) is 0 Å². The lowest BCUT2D eigenvalue weighted by Gasteiger charge is -2.18. The van der Waals surface area contributed by atoms with Crippen LogP contribution in [0.25, 0.3) is 0 Å². The van der Waals surface area contributed by atoms with Gasteiger partial charge in [-0.3, -0.25) is 9.59 Å². The van der Waals surface area contributed by atoms with Gasteiger partial charge >= 0.3 is 0 Å². The molecule has 3 aromatic rings. The predicted molar refractivity (Wildman–Crippen MR) is 109 cm³/mol. The molecule has 1 heterocycles. The van der Waals surface area contributed by atoms with Crippen LogP contribution in [-0.4, -0.2) is 18.4 Å². The van der Waals surface area contributed by atoms with Crippen molar-refractivity contribution in [3.8, 4) is 0 Å². The summed E-state index contributed by atoms with van der Waals surface area (Å²) in [5.41, 5.74) is 2.00. The number of hydrogen-bond donors (Lipinski definition) is 2. The molecule has 27 heavy (non-hydrogen) atoms. The largest absolute Gasteiger partial charge is 0.355 e. The van der Waals surface area contributed by atoms with Gasteiger partial charge < -0.3 is 10.6 Å². The lowest BCUT2D eigenvalue weighted by Crippen LogP contribution is -2.33. The summed E-state index contributed by atoms with van der Waals surface area (Å²) in [4.78, 5) is 25.5. The van der Waals surface area contributed by atoms with E-state index in [1.807, 2.05) is 78.2 Å². The molecule has 1 atom stereocenters. The third kappa shape index (κ3) is 5.79. The molecule has 0 aliphatic heterocycles. The molecule has 5 heteroatoms. The fraction of sp³-hybridized carbons (Fsp3) is 0.182. The maximum absolute atomic E-state index is 12.4. The van der Waals surface area contributed by atoms with Gasteiger partial charge in [0.1, 0.15) is 0 Å². The van der Waals surface area contributed by atoms with Crippen molar-refractivity contribution >= 4 is 23.2 Å². The molecule has 0 saturated carbocycles. The molecular weight excluding hydrogens is 356 g/mol. The Kier molecular flexibility index (Phi) is 6.77. The van der Waals surface area contributed by atoms with Crippen LogP contribution in [0.15, 0.2) is 78.2 Å². The van der Waals surface area contributed by atoms with E-state index >= 15 is 0 Å². The van der Waals surface area contributed by atoms with Crippen LogP contribution in [-0.2, 0) is 16.0 Å². The summed E-state index contributed by atoms with van der Waals surface area (Å²) >= 11 is 1.61. The van der Waals surface area contributed by atoms with E-state index in [-0.39, 0.29) is 24.3 Å². The Labute approximate surface area is 163 Å².